The zero-order chi connectivity index (χ0) is 17.6. The molecule has 0 aliphatic carbocycles. The lowest BCUT2D eigenvalue weighted by molar-refractivity contribution is -0.123. The number of hydrogen-bond acceptors (Lipinski definition) is 4. The van der Waals surface area contributed by atoms with Gasteiger partial charge in [-0.2, -0.15) is 5.10 Å². The Hall–Kier alpha value is -3.02. The second-order valence-corrected chi connectivity index (χ2v) is 5.70. The summed E-state index contributed by atoms with van der Waals surface area (Å²) in [5.74, 6) is 1.33. The Labute approximate surface area is 146 Å². The van der Waals surface area contributed by atoms with E-state index in [1.807, 2.05) is 61.0 Å². The second-order valence-electron chi connectivity index (χ2n) is 5.70. The monoisotopic (exact) mass is 339 g/mol. The van der Waals surface area contributed by atoms with Gasteiger partial charge in [0.15, 0.2) is 6.61 Å². The topological polar surface area (TPSA) is 69.3 Å². The molecular formula is C19H21N3O3. The van der Waals surface area contributed by atoms with Crippen molar-refractivity contribution in [1.82, 2.24) is 15.1 Å². The largest absolute Gasteiger partial charge is 0.484 e. The van der Waals surface area contributed by atoms with Crippen molar-refractivity contribution in [3.8, 4) is 17.1 Å². The second kappa shape index (κ2) is 7.70. The molecule has 6 heteroatoms. The number of para-hydroxylation sites is 1. The predicted octanol–water partition coefficient (Wildman–Crippen LogP) is 2.96. The van der Waals surface area contributed by atoms with Crippen molar-refractivity contribution in [2.24, 2.45) is 0 Å². The minimum absolute atomic E-state index is 0.00121. The van der Waals surface area contributed by atoms with Gasteiger partial charge in [-0.05, 0) is 38.1 Å². The van der Waals surface area contributed by atoms with Crippen molar-refractivity contribution in [1.29, 1.82) is 0 Å². The summed E-state index contributed by atoms with van der Waals surface area (Å²) in [5, 5.41) is 7.37. The summed E-state index contributed by atoms with van der Waals surface area (Å²) >= 11 is 0. The molecule has 0 saturated carbocycles. The minimum Gasteiger partial charge on any atom is -0.484 e. The minimum atomic E-state index is -0.156. The summed E-state index contributed by atoms with van der Waals surface area (Å²) < 4.78 is 12.8. The summed E-state index contributed by atoms with van der Waals surface area (Å²) in [7, 11) is 0. The molecule has 0 unspecified atom stereocenters. The molecule has 0 saturated heterocycles. The maximum absolute atomic E-state index is 11.9. The lowest BCUT2D eigenvalue weighted by Crippen LogP contribution is -2.32. The van der Waals surface area contributed by atoms with Gasteiger partial charge in [0.05, 0.1) is 24.1 Å². The molecule has 0 bridgehead atoms. The number of furan rings is 1. The number of benzene rings is 1. The van der Waals surface area contributed by atoms with Crippen LogP contribution in [-0.4, -0.2) is 28.8 Å². The van der Waals surface area contributed by atoms with E-state index >= 15 is 0 Å². The number of aromatic nitrogens is 2. The molecular weight excluding hydrogens is 318 g/mol. The Morgan fingerprint density at radius 3 is 2.72 bits per heavy atom. The number of nitrogens with one attached hydrogen (secondary N) is 1. The molecule has 0 spiro atoms. The van der Waals surface area contributed by atoms with E-state index in [2.05, 4.69) is 10.4 Å². The lowest BCUT2D eigenvalue weighted by atomic mass is 10.1. The van der Waals surface area contributed by atoms with E-state index in [0.29, 0.717) is 18.8 Å². The van der Waals surface area contributed by atoms with Crippen LogP contribution in [0.1, 0.15) is 11.4 Å². The maximum Gasteiger partial charge on any atom is 0.258 e. The van der Waals surface area contributed by atoms with Crippen LogP contribution in [0.15, 0.2) is 53.1 Å². The highest BCUT2D eigenvalue weighted by molar-refractivity contribution is 5.77. The highest BCUT2D eigenvalue weighted by atomic mass is 16.5. The number of ether oxygens (including phenoxy) is 1. The highest BCUT2D eigenvalue weighted by Gasteiger charge is 2.15. The van der Waals surface area contributed by atoms with Crippen molar-refractivity contribution in [2.75, 3.05) is 13.2 Å². The molecule has 0 radical (unpaired) electrons. The number of amides is 1. The quantitative estimate of drug-likeness (QED) is 0.718. The molecule has 1 aromatic carbocycles. The Morgan fingerprint density at radius 2 is 2.00 bits per heavy atom. The molecule has 6 nitrogen and oxygen atoms in total. The third-order valence-corrected chi connectivity index (χ3v) is 3.91. The highest BCUT2D eigenvalue weighted by Crippen LogP contribution is 2.26. The Morgan fingerprint density at radius 1 is 1.20 bits per heavy atom. The molecule has 0 atom stereocenters. The van der Waals surface area contributed by atoms with Gasteiger partial charge >= 0.3 is 0 Å². The van der Waals surface area contributed by atoms with Crippen LogP contribution in [0.25, 0.3) is 11.3 Å². The van der Waals surface area contributed by atoms with Gasteiger partial charge in [-0.3, -0.25) is 9.48 Å². The number of rotatable bonds is 7. The van der Waals surface area contributed by atoms with Crippen LogP contribution in [0.4, 0.5) is 0 Å². The standard InChI is InChI=1S/C19H21N3O3/c1-14-19(17-9-6-12-24-17)15(2)22(21-14)11-10-20-18(23)13-25-16-7-4-3-5-8-16/h3-9,12H,10-11,13H2,1-2H3,(H,20,23). The van der Waals surface area contributed by atoms with E-state index in [-0.39, 0.29) is 12.5 Å². The number of nitrogens with zero attached hydrogens (tertiary/aromatic N) is 2. The van der Waals surface area contributed by atoms with E-state index in [4.69, 9.17) is 9.15 Å². The van der Waals surface area contributed by atoms with E-state index in [1.54, 1.807) is 6.26 Å². The van der Waals surface area contributed by atoms with Crippen molar-refractivity contribution in [3.63, 3.8) is 0 Å². The fourth-order valence-electron chi connectivity index (χ4n) is 2.71. The number of carbonyl (C=O) groups is 1. The summed E-state index contributed by atoms with van der Waals surface area (Å²) in [4.78, 5) is 11.9. The van der Waals surface area contributed by atoms with E-state index in [0.717, 1.165) is 22.7 Å². The number of hydrogen-bond donors (Lipinski definition) is 1. The number of aryl methyl sites for hydroxylation is 1. The summed E-state index contributed by atoms with van der Waals surface area (Å²) in [6.45, 7) is 5.02. The molecule has 25 heavy (non-hydrogen) atoms. The lowest BCUT2D eigenvalue weighted by Gasteiger charge is -2.08. The smallest absolute Gasteiger partial charge is 0.258 e. The van der Waals surface area contributed by atoms with E-state index in [9.17, 15) is 4.79 Å². The van der Waals surface area contributed by atoms with Crippen LogP contribution in [0.3, 0.4) is 0 Å². The van der Waals surface area contributed by atoms with Gasteiger partial charge in [-0.15, -0.1) is 0 Å². The average Bonchev–Trinajstić information content (AvgIpc) is 3.22. The van der Waals surface area contributed by atoms with Crippen molar-refractivity contribution < 1.29 is 13.9 Å². The van der Waals surface area contributed by atoms with Gasteiger partial charge in [0.2, 0.25) is 0 Å². The van der Waals surface area contributed by atoms with Crippen LogP contribution < -0.4 is 10.1 Å². The van der Waals surface area contributed by atoms with Crippen LogP contribution >= 0.6 is 0 Å². The first-order valence-electron chi connectivity index (χ1n) is 8.17. The zero-order valence-electron chi connectivity index (χ0n) is 14.4. The van der Waals surface area contributed by atoms with Crippen molar-refractivity contribution in [2.45, 2.75) is 20.4 Å². The molecule has 0 aliphatic heterocycles. The van der Waals surface area contributed by atoms with E-state index < -0.39 is 0 Å². The first kappa shape index (κ1) is 16.8. The molecule has 2 aromatic heterocycles. The van der Waals surface area contributed by atoms with Crippen LogP contribution in [0, 0.1) is 13.8 Å². The van der Waals surface area contributed by atoms with Crippen LogP contribution in [-0.2, 0) is 11.3 Å². The molecule has 3 aromatic rings. The Kier molecular flexibility index (Phi) is 5.18. The van der Waals surface area contributed by atoms with Gasteiger partial charge in [-0.25, -0.2) is 0 Å². The molecule has 2 heterocycles. The first-order chi connectivity index (χ1) is 12.1. The Balaban J connectivity index is 1.51. The third-order valence-electron chi connectivity index (χ3n) is 3.91. The maximum atomic E-state index is 11.9. The fraction of sp³-hybridized carbons (Fsp3) is 0.263. The molecule has 3 rings (SSSR count). The SMILES string of the molecule is Cc1nn(CCNC(=O)COc2ccccc2)c(C)c1-c1ccco1. The number of carbonyl (C=O) groups excluding carboxylic acids is 1. The first-order valence-corrected chi connectivity index (χ1v) is 8.17. The van der Waals surface area contributed by atoms with Crippen molar-refractivity contribution >= 4 is 5.91 Å². The van der Waals surface area contributed by atoms with Gasteiger partial charge in [0, 0.05) is 12.2 Å². The summed E-state index contributed by atoms with van der Waals surface area (Å²) in [6, 6.07) is 13.1. The molecule has 130 valence electrons. The Bertz CT molecular complexity index is 823. The van der Waals surface area contributed by atoms with Crippen LogP contribution in [0.5, 0.6) is 5.75 Å². The zero-order valence-corrected chi connectivity index (χ0v) is 14.4. The van der Waals surface area contributed by atoms with Crippen LogP contribution in [0.2, 0.25) is 0 Å². The van der Waals surface area contributed by atoms with Gasteiger partial charge in [0.25, 0.3) is 5.91 Å². The summed E-state index contributed by atoms with van der Waals surface area (Å²) in [6.07, 6.45) is 1.65. The molecule has 0 fully saturated rings. The van der Waals surface area contributed by atoms with Gasteiger partial charge in [0.1, 0.15) is 11.5 Å². The van der Waals surface area contributed by atoms with Gasteiger partial charge in [-0.1, -0.05) is 18.2 Å². The van der Waals surface area contributed by atoms with Crippen molar-refractivity contribution in [3.05, 3.63) is 60.1 Å². The fourth-order valence-corrected chi connectivity index (χ4v) is 2.71. The summed E-state index contributed by atoms with van der Waals surface area (Å²) in [5.41, 5.74) is 2.93. The molecule has 0 aliphatic rings. The normalized spacial score (nSPS) is 10.6. The van der Waals surface area contributed by atoms with Gasteiger partial charge < -0.3 is 14.5 Å². The predicted molar refractivity (Wildman–Crippen MR) is 94.3 cm³/mol. The molecule has 1 N–H and O–H groups in total. The third kappa shape index (κ3) is 4.09. The average molecular weight is 339 g/mol. The molecule has 1 amide bonds. The van der Waals surface area contributed by atoms with E-state index in [1.165, 1.54) is 0 Å².